The van der Waals surface area contributed by atoms with Crippen molar-refractivity contribution in [2.45, 2.75) is 31.6 Å². The van der Waals surface area contributed by atoms with Gasteiger partial charge in [0.2, 0.25) is 15.9 Å². The van der Waals surface area contributed by atoms with Gasteiger partial charge in [-0.05, 0) is 92.1 Å². The molecular formula is C25H28FN3O5S2. The van der Waals surface area contributed by atoms with Gasteiger partial charge in [-0.1, -0.05) is 6.07 Å². The molecule has 3 aromatic carbocycles. The molecule has 0 aliphatic rings. The SMILES string of the molecule is Cc1ccc(N(CCCC(=O)Nc2ccc(S(=O)(=O)Nc3ccc(F)cc3)cc2)S(C)(=O)=O)cc1C. The number of rotatable bonds is 10. The van der Waals surface area contributed by atoms with Crippen LogP contribution in [0.25, 0.3) is 0 Å². The molecule has 1 amide bonds. The van der Waals surface area contributed by atoms with Crippen LogP contribution in [0.3, 0.4) is 0 Å². The van der Waals surface area contributed by atoms with Gasteiger partial charge in [-0.15, -0.1) is 0 Å². The molecule has 0 aliphatic heterocycles. The van der Waals surface area contributed by atoms with Crippen molar-refractivity contribution < 1.29 is 26.0 Å². The molecule has 3 aromatic rings. The van der Waals surface area contributed by atoms with Crippen LogP contribution in [-0.2, 0) is 24.8 Å². The van der Waals surface area contributed by atoms with E-state index in [0.717, 1.165) is 29.5 Å². The van der Waals surface area contributed by atoms with Gasteiger partial charge in [0.15, 0.2) is 0 Å². The van der Waals surface area contributed by atoms with E-state index in [2.05, 4.69) is 10.0 Å². The van der Waals surface area contributed by atoms with E-state index in [1.165, 1.54) is 40.7 Å². The van der Waals surface area contributed by atoms with Crippen molar-refractivity contribution in [1.82, 2.24) is 0 Å². The van der Waals surface area contributed by atoms with Crippen molar-refractivity contribution in [1.29, 1.82) is 0 Å². The lowest BCUT2D eigenvalue weighted by atomic mass is 10.1. The third-order valence-corrected chi connectivity index (χ3v) is 8.08. The molecule has 0 aliphatic carbocycles. The van der Waals surface area contributed by atoms with E-state index >= 15 is 0 Å². The standard InChI is InChI=1S/C25H28FN3O5S2/c1-18-6-13-23(17-19(18)2)29(35(3,31)32)16-4-5-25(30)27-21-11-14-24(15-12-21)36(33,34)28-22-9-7-20(26)8-10-22/h6-15,17,28H,4-5,16H2,1-3H3,(H,27,30). The molecule has 0 fully saturated rings. The maximum Gasteiger partial charge on any atom is 0.261 e. The minimum absolute atomic E-state index is 0.0259. The van der Waals surface area contributed by atoms with Gasteiger partial charge in [0, 0.05) is 24.3 Å². The summed E-state index contributed by atoms with van der Waals surface area (Å²) in [5.74, 6) is -0.809. The Morgan fingerprint density at radius 3 is 2.06 bits per heavy atom. The molecule has 0 aromatic heterocycles. The Morgan fingerprint density at radius 2 is 1.47 bits per heavy atom. The Labute approximate surface area is 211 Å². The number of carbonyl (C=O) groups excluding carboxylic acids is 1. The smallest absolute Gasteiger partial charge is 0.261 e. The Hall–Kier alpha value is -3.44. The maximum absolute atomic E-state index is 13.0. The fourth-order valence-corrected chi connectivity index (χ4v) is 5.44. The molecule has 0 atom stereocenters. The highest BCUT2D eigenvalue weighted by Crippen LogP contribution is 2.22. The second-order valence-electron chi connectivity index (χ2n) is 8.39. The Morgan fingerprint density at radius 1 is 0.861 bits per heavy atom. The summed E-state index contributed by atoms with van der Waals surface area (Å²) in [5, 5.41) is 2.68. The van der Waals surface area contributed by atoms with Crippen molar-refractivity contribution in [3.8, 4) is 0 Å². The zero-order valence-corrected chi connectivity index (χ0v) is 21.8. The van der Waals surface area contributed by atoms with Gasteiger partial charge in [0.05, 0.1) is 16.8 Å². The van der Waals surface area contributed by atoms with E-state index in [1.54, 1.807) is 12.1 Å². The largest absolute Gasteiger partial charge is 0.326 e. The van der Waals surface area contributed by atoms with Gasteiger partial charge in [0.25, 0.3) is 10.0 Å². The molecular weight excluding hydrogens is 505 g/mol. The first-order valence-electron chi connectivity index (χ1n) is 11.1. The fourth-order valence-electron chi connectivity index (χ4n) is 3.42. The highest BCUT2D eigenvalue weighted by molar-refractivity contribution is 7.92. The predicted octanol–water partition coefficient (Wildman–Crippen LogP) is 4.43. The van der Waals surface area contributed by atoms with Crippen LogP contribution in [0.2, 0.25) is 0 Å². The summed E-state index contributed by atoms with van der Waals surface area (Å²) >= 11 is 0. The molecule has 3 rings (SSSR count). The lowest BCUT2D eigenvalue weighted by Crippen LogP contribution is -2.31. The molecule has 0 saturated heterocycles. The first-order chi connectivity index (χ1) is 16.8. The minimum atomic E-state index is -3.89. The molecule has 0 unspecified atom stereocenters. The Balaban J connectivity index is 1.57. The molecule has 0 bridgehead atoms. The summed E-state index contributed by atoms with van der Waals surface area (Å²) in [6, 6.07) is 15.9. The van der Waals surface area contributed by atoms with Gasteiger partial charge in [-0.2, -0.15) is 0 Å². The Bertz CT molecular complexity index is 1440. The lowest BCUT2D eigenvalue weighted by Gasteiger charge is -2.23. The van der Waals surface area contributed by atoms with Crippen molar-refractivity contribution in [3.63, 3.8) is 0 Å². The van der Waals surface area contributed by atoms with E-state index in [9.17, 15) is 26.0 Å². The van der Waals surface area contributed by atoms with Crippen molar-refractivity contribution in [3.05, 3.63) is 83.7 Å². The average Bonchev–Trinajstić information content (AvgIpc) is 2.80. The number of nitrogens with zero attached hydrogens (tertiary/aromatic N) is 1. The second kappa shape index (κ2) is 11.1. The first kappa shape index (κ1) is 27.2. The number of sulfonamides is 2. The summed E-state index contributed by atoms with van der Waals surface area (Å²) in [7, 11) is -7.42. The third kappa shape index (κ3) is 7.28. The lowest BCUT2D eigenvalue weighted by molar-refractivity contribution is -0.116. The van der Waals surface area contributed by atoms with Crippen LogP contribution in [0.15, 0.2) is 71.6 Å². The van der Waals surface area contributed by atoms with Gasteiger partial charge in [0.1, 0.15) is 5.82 Å². The van der Waals surface area contributed by atoms with Crippen LogP contribution < -0.4 is 14.3 Å². The van der Waals surface area contributed by atoms with E-state index in [1.807, 2.05) is 19.9 Å². The molecule has 2 N–H and O–H groups in total. The zero-order chi connectivity index (χ0) is 26.5. The number of halogens is 1. The van der Waals surface area contributed by atoms with Gasteiger partial charge in [-0.3, -0.25) is 13.8 Å². The van der Waals surface area contributed by atoms with Crippen LogP contribution in [0.1, 0.15) is 24.0 Å². The number of amides is 1. The number of aryl methyl sites for hydroxylation is 2. The topological polar surface area (TPSA) is 113 Å². The molecule has 192 valence electrons. The van der Waals surface area contributed by atoms with E-state index in [4.69, 9.17) is 0 Å². The summed E-state index contributed by atoms with van der Waals surface area (Å²) in [6.45, 7) is 3.99. The van der Waals surface area contributed by atoms with Gasteiger partial charge in [-0.25, -0.2) is 21.2 Å². The number of carbonyl (C=O) groups is 1. The molecule has 0 saturated carbocycles. The van der Waals surface area contributed by atoms with Crippen molar-refractivity contribution in [2.24, 2.45) is 0 Å². The van der Waals surface area contributed by atoms with Crippen LogP contribution in [0, 0.1) is 19.7 Å². The summed E-state index contributed by atoms with van der Waals surface area (Å²) < 4.78 is 66.3. The monoisotopic (exact) mass is 533 g/mol. The highest BCUT2D eigenvalue weighted by Gasteiger charge is 2.18. The predicted molar refractivity (Wildman–Crippen MR) is 140 cm³/mol. The third-order valence-electron chi connectivity index (χ3n) is 5.49. The van der Waals surface area contributed by atoms with Gasteiger partial charge >= 0.3 is 0 Å². The number of hydrogen-bond acceptors (Lipinski definition) is 5. The minimum Gasteiger partial charge on any atom is -0.326 e. The molecule has 0 heterocycles. The first-order valence-corrected chi connectivity index (χ1v) is 14.4. The average molecular weight is 534 g/mol. The molecule has 0 spiro atoms. The number of anilines is 3. The number of benzene rings is 3. The molecule has 0 radical (unpaired) electrons. The normalized spacial score (nSPS) is 11.7. The summed E-state index contributed by atoms with van der Waals surface area (Å²) in [4.78, 5) is 12.4. The number of hydrogen-bond donors (Lipinski definition) is 2. The number of nitrogens with one attached hydrogen (secondary N) is 2. The van der Waals surface area contributed by atoms with Crippen molar-refractivity contribution >= 4 is 43.0 Å². The van der Waals surface area contributed by atoms with Crippen LogP contribution >= 0.6 is 0 Å². The van der Waals surface area contributed by atoms with Crippen molar-refractivity contribution in [2.75, 3.05) is 27.1 Å². The van der Waals surface area contributed by atoms with E-state index in [0.29, 0.717) is 17.8 Å². The van der Waals surface area contributed by atoms with E-state index < -0.39 is 25.9 Å². The molecule has 11 heteroatoms. The van der Waals surface area contributed by atoms with Crippen LogP contribution in [-0.4, -0.2) is 35.5 Å². The zero-order valence-electron chi connectivity index (χ0n) is 20.2. The maximum atomic E-state index is 13.0. The Kier molecular flexibility index (Phi) is 8.36. The quantitative estimate of drug-likeness (QED) is 0.400. The highest BCUT2D eigenvalue weighted by atomic mass is 32.2. The fraction of sp³-hybridized carbons (Fsp3) is 0.240. The second-order valence-corrected chi connectivity index (χ2v) is 12.0. The van der Waals surface area contributed by atoms with Gasteiger partial charge < -0.3 is 5.32 Å². The molecule has 36 heavy (non-hydrogen) atoms. The summed E-state index contributed by atoms with van der Waals surface area (Å²) in [5.41, 5.74) is 3.19. The van der Waals surface area contributed by atoms with E-state index in [-0.39, 0.29) is 29.5 Å². The van der Waals surface area contributed by atoms with Crippen LogP contribution in [0.4, 0.5) is 21.5 Å². The molecule has 8 nitrogen and oxygen atoms in total. The summed E-state index contributed by atoms with van der Waals surface area (Å²) in [6.07, 6.45) is 1.49. The van der Waals surface area contributed by atoms with Crippen LogP contribution in [0.5, 0.6) is 0 Å².